The number of hydrogen-bond donors (Lipinski definition) is 2. The molecule has 1 aromatic rings. The van der Waals surface area contributed by atoms with Crippen molar-refractivity contribution in [1.29, 1.82) is 0 Å². The number of hydrogen-bond acceptors (Lipinski definition) is 3. The van der Waals surface area contributed by atoms with Gasteiger partial charge in [0.2, 0.25) is 5.91 Å². The fraction of sp³-hybridized carbons (Fsp3) is 0.364. The van der Waals surface area contributed by atoms with Crippen LogP contribution in [0.25, 0.3) is 0 Å². The standard InChI is InChI=1S/C11H15NO3/c1-15-12-11(14)7-6-9-2-4-10(8-13)5-3-9/h2-5,13H,6-8H2,1H3,(H,12,14). The zero-order valence-electron chi connectivity index (χ0n) is 8.69. The highest BCUT2D eigenvalue weighted by Gasteiger charge is 2.01. The Morgan fingerprint density at radius 2 is 1.93 bits per heavy atom. The Labute approximate surface area is 88.8 Å². The molecule has 1 aromatic carbocycles. The summed E-state index contributed by atoms with van der Waals surface area (Å²) >= 11 is 0. The third-order valence-corrected chi connectivity index (χ3v) is 2.06. The predicted octanol–water partition coefficient (Wildman–Crippen LogP) is 0.789. The largest absolute Gasteiger partial charge is 0.392 e. The van der Waals surface area contributed by atoms with Crippen molar-refractivity contribution in [2.75, 3.05) is 7.11 Å². The van der Waals surface area contributed by atoms with Gasteiger partial charge in [0.15, 0.2) is 0 Å². The molecule has 0 atom stereocenters. The van der Waals surface area contributed by atoms with E-state index < -0.39 is 0 Å². The number of nitrogens with one attached hydrogen (secondary N) is 1. The average molecular weight is 209 g/mol. The lowest BCUT2D eigenvalue weighted by Crippen LogP contribution is -2.21. The van der Waals surface area contributed by atoms with Gasteiger partial charge in [-0.1, -0.05) is 24.3 Å². The summed E-state index contributed by atoms with van der Waals surface area (Å²) in [7, 11) is 1.41. The van der Waals surface area contributed by atoms with E-state index in [-0.39, 0.29) is 12.5 Å². The number of aliphatic hydroxyl groups is 1. The summed E-state index contributed by atoms with van der Waals surface area (Å²) in [5.41, 5.74) is 4.20. The predicted molar refractivity (Wildman–Crippen MR) is 55.8 cm³/mol. The van der Waals surface area contributed by atoms with E-state index in [1.165, 1.54) is 7.11 Å². The van der Waals surface area contributed by atoms with Crippen molar-refractivity contribution in [3.8, 4) is 0 Å². The molecule has 0 saturated carbocycles. The number of carbonyl (C=O) groups excluding carboxylic acids is 1. The number of hydroxylamine groups is 1. The van der Waals surface area contributed by atoms with Crippen LogP contribution in [0.3, 0.4) is 0 Å². The highest BCUT2D eigenvalue weighted by atomic mass is 16.6. The number of amides is 1. The number of rotatable bonds is 5. The SMILES string of the molecule is CONC(=O)CCc1ccc(CO)cc1. The Morgan fingerprint density at radius 1 is 1.33 bits per heavy atom. The van der Waals surface area contributed by atoms with E-state index in [1.54, 1.807) is 0 Å². The van der Waals surface area contributed by atoms with Crippen LogP contribution < -0.4 is 5.48 Å². The van der Waals surface area contributed by atoms with Gasteiger partial charge in [0.05, 0.1) is 13.7 Å². The molecule has 15 heavy (non-hydrogen) atoms. The molecule has 1 rings (SSSR count). The van der Waals surface area contributed by atoms with Gasteiger partial charge in [0, 0.05) is 6.42 Å². The minimum absolute atomic E-state index is 0.0461. The van der Waals surface area contributed by atoms with Gasteiger partial charge in [0.25, 0.3) is 0 Å². The normalized spacial score (nSPS) is 10.0. The van der Waals surface area contributed by atoms with Crippen molar-refractivity contribution >= 4 is 5.91 Å². The van der Waals surface area contributed by atoms with Crippen molar-refractivity contribution in [3.63, 3.8) is 0 Å². The van der Waals surface area contributed by atoms with Crippen molar-refractivity contribution in [3.05, 3.63) is 35.4 Å². The maximum Gasteiger partial charge on any atom is 0.243 e. The van der Waals surface area contributed by atoms with Gasteiger partial charge in [-0.15, -0.1) is 0 Å². The van der Waals surface area contributed by atoms with E-state index in [0.717, 1.165) is 11.1 Å². The number of aliphatic hydroxyl groups excluding tert-OH is 1. The Balaban J connectivity index is 2.40. The number of aryl methyl sites for hydroxylation is 1. The van der Waals surface area contributed by atoms with Crippen LogP contribution in [0.2, 0.25) is 0 Å². The molecule has 1 amide bonds. The molecular formula is C11H15NO3. The topological polar surface area (TPSA) is 58.6 Å². The van der Waals surface area contributed by atoms with E-state index in [1.807, 2.05) is 24.3 Å². The molecule has 0 unspecified atom stereocenters. The van der Waals surface area contributed by atoms with Crippen LogP contribution in [0, 0.1) is 0 Å². The van der Waals surface area contributed by atoms with Gasteiger partial charge in [-0.3, -0.25) is 9.63 Å². The van der Waals surface area contributed by atoms with Crippen LogP contribution in [0.4, 0.5) is 0 Å². The van der Waals surface area contributed by atoms with Crippen molar-refractivity contribution < 1.29 is 14.7 Å². The maximum atomic E-state index is 11.1. The zero-order valence-corrected chi connectivity index (χ0v) is 8.69. The zero-order chi connectivity index (χ0) is 11.1. The maximum absolute atomic E-state index is 11.1. The summed E-state index contributed by atoms with van der Waals surface area (Å²) in [5, 5.41) is 8.84. The van der Waals surface area contributed by atoms with Crippen molar-refractivity contribution in [1.82, 2.24) is 5.48 Å². The van der Waals surface area contributed by atoms with E-state index in [2.05, 4.69) is 10.3 Å². The Bertz CT molecular complexity index is 308. The smallest absolute Gasteiger partial charge is 0.243 e. The van der Waals surface area contributed by atoms with Gasteiger partial charge in [-0.05, 0) is 17.5 Å². The minimum Gasteiger partial charge on any atom is -0.392 e. The second-order valence-electron chi connectivity index (χ2n) is 3.20. The fourth-order valence-electron chi connectivity index (χ4n) is 1.23. The molecule has 0 heterocycles. The summed E-state index contributed by atoms with van der Waals surface area (Å²) in [6.45, 7) is 0.0461. The molecule has 0 bridgehead atoms. The highest BCUT2D eigenvalue weighted by molar-refractivity contribution is 5.74. The first kappa shape index (κ1) is 11.7. The molecule has 0 aromatic heterocycles. The molecule has 0 fully saturated rings. The average Bonchev–Trinajstić information content (AvgIpc) is 2.27. The molecule has 4 heteroatoms. The third kappa shape index (κ3) is 4.10. The molecule has 4 nitrogen and oxygen atoms in total. The molecule has 82 valence electrons. The van der Waals surface area contributed by atoms with Gasteiger partial charge in [0.1, 0.15) is 0 Å². The monoisotopic (exact) mass is 209 g/mol. The fourth-order valence-corrected chi connectivity index (χ4v) is 1.23. The molecule has 0 radical (unpaired) electrons. The van der Waals surface area contributed by atoms with E-state index in [4.69, 9.17) is 5.11 Å². The summed E-state index contributed by atoms with van der Waals surface area (Å²) < 4.78 is 0. The lowest BCUT2D eigenvalue weighted by Gasteiger charge is -2.03. The molecule has 0 saturated heterocycles. The Morgan fingerprint density at radius 3 is 2.47 bits per heavy atom. The second kappa shape index (κ2) is 6.16. The van der Waals surface area contributed by atoms with Crippen LogP contribution in [-0.2, 0) is 22.7 Å². The van der Waals surface area contributed by atoms with Crippen LogP contribution in [0.5, 0.6) is 0 Å². The minimum atomic E-state index is -0.135. The molecule has 0 spiro atoms. The van der Waals surface area contributed by atoms with E-state index >= 15 is 0 Å². The van der Waals surface area contributed by atoms with Gasteiger partial charge in [-0.25, -0.2) is 5.48 Å². The summed E-state index contributed by atoms with van der Waals surface area (Å²) in [4.78, 5) is 15.6. The van der Waals surface area contributed by atoms with Crippen LogP contribution in [0.1, 0.15) is 17.5 Å². The van der Waals surface area contributed by atoms with Crippen molar-refractivity contribution in [2.24, 2.45) is 0 Å². The third-order valence-electron chi connectivity index (χ3n) is 2.06. The van der Waals surface area contributed by atoms with Crippen LogP contribution >= 0.6 is 0 Å². The molecule has 0 aliphatic heterocycles. The summed E-state index contributed by atoms with van der Waals surface area (Å²) in [6.07, 6.45) is 1.06. The lowest BCUT2D eigenvalue weighted by atomic mass is 10.1. The number of carbonyl (C=O) groups is 1. The quantitative estimate of drug-likeness (QED) is 0.705. The summed E-state index contributed by atoms with van der Waals surface area (Å²) in [5.74, 6) is -0.135. The van der Waals surface area contributed by atoms with Gasteiger partial charge in [-0.2, -0.15) is 0 Å². The first-order valence-electron chi connectivity index (χ1n) is 4.76. The molecule has 0 aliphatic rings. The Hall–Kier alpha value is -1.39. The van der Waals surface area contributed by atoms with E-state index in [9.17, 15) is 4.79 Å². The van der Waals surface area contributed by atoms with E-state index in [0.29, 0.717) is 12.8 Å². The second-order valence-corrected chi connectivity index (χ2v) is 3.20. The van der Waals surface area contributed by atoms with Crippen LogP contribution in [0.15, 0.2) is 24.3 Å². The molecular weight excluding hydrogens is 194 g/mol. The Kier molecular flexibility index (Phi) is 4.80. The lowest BCUT2D eigenvalue weighted by molar-refractivity contribution is -0.131. The number of benzene rings is 1. The first-order chi connectivity index (χ1) is 7.26. The molecule has 0 aliphatic carbocycles. The first-order valence-corrected chi connectivity index (χ1v) is 4.76. The molecule has 2 N–H and O–H groups in total. The van der Waals surface area contributed by atoms with Gasteiger partial charge < -0.3 is 5.11 Å². The van der Waals surface area contributed by atoms with Gasteiger partial charge >= 0.3 is 0 Å². The van der Waals surface area contributed by atoms with Crippen molar-refractivity contribution in [2.45, 2.75) is 19.4 Å². The van der Waals surface area contributed by atoms with Crippen LogP contribution in [-0.4, -0.2) is 18.1 Å². The highest BCUT2D eigenvalue weighted by Crippen LogP contribution is 2.06. The summed E-state index contributed by atoms with van der Waals surface area (Å²) in [6, 6.07) is 7.52.